The Bertz CT molecular complexity index is 844. The summed E-state index contributed by atoms with van der Waals surface area (Å²) in [4.78, 5) is 56.1. The van der Waals surface area contributed by atoms with Crippen LogP contribution in [0.3, 0.4) is 0 Å². The second kappa shape index (κ2) is 8.73. The number of carbonyl (C=O) groups is 4. The summed E-state index contributed by atoms with van der Waals surface area (Å²) in [6, 6.07) is 7.01. The van der Waals surface area contributed by atoms with Crippen molar-refractivity contribution in [3.05, 3.63) is 24.3 Å². The van der Waals surface area contributed by atoms with Crippen LogP contribution in [0.15, 0.2) is 24.3 Å². The Balaban J connectivity index is 1.33. The van der Waals surface area contributed by atoms with E-state index in [2.05, 4.69) is 5.32 Å². The molecule has 1 N–H and O–H groups in total. The van der Waals surface area contributed by atoms with Gasteiger partial charge in [0.2, 0.25) is 5.91 Å². The number of nitrogens with zero attached hydrogens (tertiary/aromatic N) is 4. The highest BCUT2D eigenvalue weighted by Crippen LogP contribution is 2.29. The van der Waals surface area contributed by atoms with Crippen LogP contribution in [0.5, 0.6) is 0 Å². The van der Waals surface area contributed by atoms with Crippen molar-refractivity contribution in [1.82, 2.24) is 14.7 Å². The van der Waals surface area contributed by atoms with Gasteiger partial charge < -0.3 is 24.9 Å². The molecule has 9 nitrogen and oxygen atoms in total. The van der Waals surface area contributed by atoms with Crippen LogP contribution < -0.4 is 10.2 Å². The van der Waals surface area contributed by atoms with Crippen molar-refractivity contribution in [1.29, 1.82) is 0 Å². The molecule has 0 atom stereocenters. The predicted molar refractivity (Wildman–Crippen MR) is 111 cm³/mol. The molecule has 4 rings (SSSR count). The average molecular weight is 413 g/mol. The largest absolute Gasteiger partial charge is 0.334 e. The molecule has 0 unspecified atom stereocenters. The van der Waals surface area contributed by atoms with Gasteiger partial charge in [0.1, 0.15) is 0 Å². The summed E-state index contributed by atoms with van der Waals surface area (Å²) in [7, 11) is 0. The van der Waals surface area contributed by atoms with E-state index in [1.165, 1.54) is 4.90 Å². The third-order valence-electron chi connectivity index (χ3n) is 5.94. The third kappa shape index (κ3) is 4.10. The minimum absolute atomic E-state index is 0.0616. The van der Waals surface area contributed by atoms with E-state index in [1.807, 2.05) is 18.2 Å². The number of para-hydroxylation sites is 2. The minimum atomic E-state index is -0.477. The molecule has 0 spiro atoms. The van der Waals surface area contributed by atoms with E-state index in [-0.39, 0.29) is 11.9 Å². The van der Waals surface area contributed by atoms with E-state index in [0.29, 0.717) is 63.6 Å². The zero-order valence-corrected chi connectivity index (χ0v) is 17.0. The number of hydrogen-bond donors (Lipinski definition) is 1. The first kappa shape index (κ1) is 20.2. The molecule has 3 aliphatic heterocycles. The molecule has 9 heteroatoms. The van der Waals surface area contributed by atoms with Gasteiger partial charge in [-0.3, -0.25) is 14.4 Å². The number of piperazine rings is 1. The summed E-state index contributed by atoms with van der Waals surface area (Å²) in [5, 5.41) is 2.90. The fourth-order valence-electron chi connectivity index (χ4n) is 4.22. The average Bonchev–Trinajstić information content (AvgIpc) is 3.45. The number of benzene rings is 1. The molecular formula is C21H27N5O4. The Morgan fingerprint density at radius 1 is 0.733 bits per heavy atom. The van der Waals surface area contributed by atoms with Crippen LogP contribution in [0.2, 0.25) is 0 Å². The maximum absolute atomic E-state index is 12.8. The SMILES string of the molecule is O=C(Nc1ccccc1N1CCCC1=O)N1CCN(C(=O)C(=O)N2CCCC2)CC1. The van der Waals surface area contributed by atoms with Crippen LogP contribution >= 0.6 is 0 Å². The van der Waals surface area contributed by atoms with Crippen molar-refractivity contribution < 1.29 is 19.2 Å². The van der Waals surface area contributed by atoms with Crippen molar-refractivity contribution in [2.45, 2.75) is 25.7 Å². The van der Waals surface area contributed by atoms with Gasteiger partial charge in [-0.25, -0.2) is 4.79 Å². The smallest absolute Gasteiger partial charge is 0.322 e. The van der Waals surface area contributed by atoms with Crippen molar-refractivity contribution in [2.24, 2.45) is 0 Å². The van der Waals surface area contributed by atoms with Crippen molar-refractivity contribution in [3.8, 4) is 0 Å². The Kier molecular flexibility index (Phi) is 5.87. The summed E-state index contributed by atoms with van der Waals surface area (Å²) in [6.07, 6.45) is 3.22. The van der Waals surface area contributed by atoms with Gasteiger partial charge in [0.25, 0.3) is 0 Å². The molecule has 0 aromatic heterocycles. The highest BCUT2D eigenvalue weighted by atomic mass is 16.2. The fourth-order valence-corrected chi connectivity index (χ4v) is 4.22. The molecule has 1 aromatic carbocycles. The molecule has 0 saturated carbocycles. The van der Waals surface area contributed by atoms with Gasteiger partial charge in [-0.05, 0) is 31.4 Å². The first-order chi connectivity index (χ1) is 14.5. The number of hydrogen-bond acceptors (Lipinski definition) is 4. The zero-order chi connectivity index (χ0) is 21.1. The summed E-state index contributed by atoms with van der Waals surface area (Å²) in [5.74, 6) is -0.851. The van der Waals surface area contributed by atoms with E-state index in [1.54, 1.807) is 20.8 Å². The first-order valence-corrected chi connectivity index (χ1v) is 10.6. The van der Waals surface area contributed by atoms with E-state index in [0.717, 1.165) is 19.3 Å². The van der Waals surface area contributed by atoms with Crippen LogP contribution in [0, 0.1) is 0 Å². The Morgan fingerprint density at radius 3 is 1.97 bits per heavy atom. The molecule has 3 heterocycles. The van der Waals surface area contributed by atoms with Crippen LogP contribution in [-0.2, 0) is 14.4 Å². The number of anilines is 2. The predicted octanol–water partition coefficient (Wildman–Crippen LogP) is 1.11. The molecule has 30 heavy (non-hydrogen) atoms. The van der Waals surface area contributed by atoms with Crippen molar-refractivity contribution >= 4 is 35.1 Å². The Morgan fingerprint density at radius 2 is 1.33 bits per heavy atom. The van der Waals surface area contributed by atoms with Crippen molar-refractivity contribution in [2.75, 3.05) is 56.0 Å². The number of amides is 5. The van der Waals surface area contributed by atoms with E-state index >= 15 is 0 Å². The topological polar surface area (TPSA) is 93.3 Å². The molecule has 0 radical (unpaired) electrons. The highest BCUT2D eigenvalue weighted by Gasteiger charge is 2.32. The molecule has 3 fully saturated rings. The Hall–Kier alpha value is -3.10. The van der Waals surface area contributed by atoms with E-state index in [4.69, 9.17) is 0 Å². The lowest BCUT2D eigenvalue weighted by atomic mass is 10.2. The highest BCUT2D eigenvalue weighted by molar-refractivity contribution is 6.35. The molecule has 5 amide bonds. The van der Waals surface area contributed by atoms with Gasteiger partial charge >= 0.3 is 17.8 Å². The van der Waals surface area contributed by atoms with Crippen LogP contribution in [-0.4, -0.2) is 84.3 Å². The van der Waals surface area contributed by atoms with Gasteiger partial charge in [0.05, 0.1) is 11.4 Å². The summed E-state index contributed by atoms with van der Waals surface area (Å²) in [6.45, 7) is 3.32. The summed E-state index contributed by atoms with van der Waals surface area (Å²) < 4.78 is 0. The molecule has 160 valence electrons. The van der Waals surface area contributed by atoms with Gasteiger partial charge in [0.15, 0.2) is 0 Å². The molecule has 3 aliphatic rings. The zero-order valence-electron chi connectivity index (χ0n) is 17.0. The minimum Gasteiger partial charge on any atom is -0.334 e. The van der Waals surface area contributed by atoms with Gasteiger partial charge in [0, 0.05) is 52.2 Å². The molecule has 0 aliphatic carbocycles. The molecule has 1 aromatic rings. The van der Waals surface area contributed by atoms with Gasteiger partial charge in [-0.1, -0.05) is 12.1 Å². The molecule has 3 saturated heterocycles. The first-order valence-electron chi connectivity index (χ1n) is 10.6. The molecule has 0 bridgehead atoms. The van der Waals surface area contributed by atoms with Gasteiger partial charge in [-0.2, -0.15) is 0 Å². The van der Waals surface area contributed by atoms with Crippen LogP contribution in [0.25, 0.3) is 0 Å². The monoisotopic (exact) mass is 413 g/mol. The fraction of sp³-hybridized carbons (Fsp3) is 0.524. The van der Waals surface area contributed by atoms with Crippen molar-refractivity contribution in [3.63, 3.8) is 0 Å². The number of rotatable bonds is 2. The Labute approximate surface area is 175 Å². The lowest BCUT2D eigenvalue weighted by Crippen LogP contribution is -2.54. The number of nitrogens with one attached hydrogen (secondary N) is 1. The third-order valence-corrected chi connectivity index (χ3v) is 5.94. The van der Waals surface area contributed by atoms with E-state index in [9.17, 15) is 19.2 Å². The normalized spacial score (nSPS) is 19.4. The molecular weight excluding hydrogens is 386 g/mol. The number of carbonyl (C=O) groups excluding carboxylic acids is 4. The second-order valence-electron chi connectivity index (χ2n) is 7.87. The van der Waals surface area contributed by atoms with E-state index < -0.39 is 11.8 Å². The maximum Gasteiger partial charge on any atom is 0.322 e. The lowest BCUT2D eigenvalue weighted by molar-refractivity contribution is -0.152. The van der Waals surface area contributed by atoms with Gasteiger partial charge in [-0.15, -0.1) is 0 Å². The summed E-state index contributed by atoms with van der Waals surface area (Å²) in [5.41, 5.74) is 1.30. The standard InChI is InChI=1S/C21H27N5O4/c27-18-8-5-11-26(18)17-7-2-1-6-16(17)22-21(30)25-14-12-24(13-15-25)20(29)19(28)23-9-3-4-10-23/h1-2,6-7H,3-5,8-15H2,(H,22,30). The lowest BCUT2D eigenvalue weighted by Gasteiger charge is -2.35. The number of urea groups is 1. The quantitative estimate of drug-likeness (QED) is 0.735. The summed E-state index contributed by atoms with van der Waals surface area (Å²) >= 11 is 0. The van der Waals surface area contributed by atoms with Crippen LogP contribution in [0.1, 0.15) is 25.7 Å². The van der Waals surface area contributed by atoms with Crippen LogP contribution in [0.4, 0.5) is 16.2 Å². The maximum atomic E-state index is 12.8. The second-order valence-corrected chi connectivity index (χ2v) is 7.87. The number of likely N-dealkylation sites (tertiary alicyclic amines) is 1.